The highest BCUT2D eigenvalue weighted by atomic mass is 16.5. The van der Waals surface area contributed by atoms with Crippen LogP contribution in [-0.4, -0.2) is 34.9 Å². The second kappa shape index (κ2) is 7.23. The fourth-order valence-electron chi connectivity index (χ4n) is 3.62. The van der Waals surface area contributed by atoms with E-state index in [9.17, 15) is 0 Å². The Morgan fingerprint density at radius 1 is 1.00 bits per heavy atom. The van der Waals surface area contributed by atoms with E-state index in [2.05, 4.69) is 16.5 Å². The molecule has 136 valence electrons. The summed E-state index contributed by atoms with van der Waals surface area (Å²) in [6.07, 6.45) is 8.10. The molecule has 2 aromatic heterocycles. The molecule has 0 atom stereocenters. The summed E-state index contributed by atoms with van der Waals surface area (Å²) >= 11 is 0. The summed E-state index contributed by atoms with van der Waals surface area (Å²) in [4.78, 5) is 4.75. The minimum Gasteiger partial charge on any atom is -0.493 e. The van der Waals surface area contributed by atoms with E-state index in [-0.39, 0.29) is 0 Å². The van der Waals surface area contributed by atoms with Crippen LogP contribution in [-0.2, 0) is 0 Å². The van der Waals surface area contributed by atoms with Crippen molar-refractivity contribution in [1.29, 1.82) is 0 Å². The molecule has 0 radical (unpaired) electrons. The molecule has 0 unspecified atom stereocenters. The zero-order valence-corrected chi connectivity index (χ0v) is 15.2. The molecule has 2 heterocycles. The Bertz CT molecular complexity index is 900. The van der Waals surface area contributed by atoms with Gasteiger partial charge in [-0.25, -0.2) is 4.98 Å². The van der Waals surface area contributed by atoms with Crippen LogP contribution in [0.2, 0.25) is 0 Å². The third kappa shape index (κ3) is 3.19. The Morgan fingerprint density at radius 3 is 2.58 bits per heavy atom. The normalized spacial score (nSPS) is 15.2. The standard InChI is InChI=1S/C20H24N4O2/c1-25-17-9-8-14(12-18(17)26-2)16-13-20(22-15-6-4-3-5-7-15)24-19(23-16)10-11-21-24/h8-13,15,22H,3-7H2,1-2H3. The number of hydrogen-bond donors (Lipinski definition) is 1. The van der Waals surface area contributed by atoms with Gasteiger partial charge in [0.15, 0.2) is 17.1 Å². The monoisotopic (exact) mass is 352 g/mol. The van der Waals surface area contributed by atoms with Gasteiger partial charge in [0.1, 0.15) is 5.82 Å². The first-order chi connectivity index (χ1) is 12.8. The Balaban J connectivity index is 1.73. The Hall–Kier alpha value is -2.76. The second-order valence-corrected chi connectivity index (χ2v) is 6.68. The van der Waals surface area contributed by atoms with Crippen LogP contribution >= 0.6 is 0 Å². The number of ether oxygens (including phenoxy) is 2. The number of nitrogens with one attached hydrogen (secondary N) is 1. The van der Waals surface area contributed by atoms with E-state index in [1.54, 1.807) is 20.4 Å². The van der Waals surface area contributed by atoms with Gasteiger partial charge < -0.3 is 14.8 Å². The summed E-state index contributed by atoms with van der Waals surface area (Å²) in [7, 11) is 3.28. The highest BCUT2D eigenvalue weighted by Gasteiger charge is 2.16. The first-order valence-corrected chi connectivity index (χ1v) is 9.12. The van der Waals surface area contributed by atoms with Crippen LogP contribution in [0, 0.1) is 0 Å². The van der Waals surface area contributed by atoms with E-state index in [0.29, 0.717) is 17.5 Å². The molecule has 3 aromatic rings. The van der Waals surface area contributed by atoms with Gasteiger partial charge in [0.25, 0.3) is 0 Å². The summed E-state index contributed by atoms with van der Waals surface area (Å²) in [6.45, 7) is 0. The highest BCUT2D eigenvalue weighted by Crippen LogP contribution is 2.33. The Labute approximate surface area is 153 Å². The first kappa shape index (κ1) is 16.7. The minimum absolute atomic E-state index is 0.497. The lowest BCUT2D eigenvalue weighted by Gasteiger charge is -2.24. The Kier molecular flexibility index (Phi) is 4.65. The topological polar surface area (TPSA) is 60.7 Å². The zero-order valence-electron chi connectivity index (χ0n) is 15.2. The van der Waals surface area contributed by atoms with Crippen molar-refractivity contribution in [3.05, 3.63) is 36.5 Å². The highest BCUT2D eigenvalue weighted by molar-refractivity contribution is 5.69. The molecule has 0 amide bonds. The van der Waals surface area contributed by atoms with E-state index in [1.165, 1.54) is 32.1 Å². The molecule has 1 aliphatic rings. The van der Waals surface area contributed by atoms with Gasteiger partial charge in [-0.1, -0.05) is 19.3 Å². The van der Waals surface area contributed by atoms with Crippen molar-refractivity contribution < 1.29 is 9.47 Å². The molecular weight excluding hydrogens is 328 g/mol. The van der Waals surface area contributed by atoms with Gasteiger partial charge in [-0.3, -0.25) is 0 Å². The maximum Gasteiger partial charge on any atom is 0.161 e. The van der Waals surface area contributed by atoms with Crippen molar-refractivity contribution in [3.63, 3.8) is 0 Å². The summed E-state index contributed by atoms with van der Waals surface area (Å²) in [5.74, 6) is 2.39. The molecule has 0 bridgehead atoms. The quantitative estimate of drug-likeness (QED) is 0.747. The Morgan fingerprint density at radius 2 is 1.81 bits per heavy atom. The third-order valence-corrected chi connectivity index (χ3v) is 5.00. The van der Waals surface area contributed by atoms with Crippen molar-refractivity contribution in [3.8, 4) is 22.8 Å². The summed E-state index contributed by atoms with van der Waals surface area (Å²) in [5.41, 5.74) is 2.70. The molecule has 4 rings (SSSR count). The molecule has 1 fully saturated rings. The van der Waals surface area contributed by atoms with Gasteiger partial charge >= 0.3 is 0 Å². The maximum atomic E-state index is 5.44. The summed E-state index contributed by atoms with van der Waals surface area (Å²) in [5, 5.41) is 8.10. The second-order valence-electron chi connectivity index (χ2n) is 6.68. The largest absolute Gasteiger partial charge is 0.493 e. The molecule has 0 aliphatic heterocycles. The van der Waals surface area contributed by atoms with E-state index < -0.39 is 0 Å². The average Bonchev–Trinajstić information content (AvgIpc) is 3.17. The van der Waals surface area contributed by atoms with Crippen molar-refractivity contribution in [2.75, 3.05) is 19.5 Å². The molecule has 26 heavy (non-hydrogen) atoms. The van der Waals surface area contributed by atoms with Crippen LogP contribution in [0.3, 0.4) is 0 Å². The van der Waals surface area contributed by atoms with E-state index in [1.807, 2.05) is 28.8 Å². The number of methoxy groups -OCH3 is 2. The van der Waals surface area contributed by atoms with Gasteiger partial charge in [0.05, 0.1) is 26.1 Å². The van der Waals surface area contributed by atoms with Crippen molar-refractivity contribution in [2.24, 2.45) is 0 Å². The van der Waals surface area contributed by atoms with Crippen molar-refractivity contribution >= 4 is 11.5 Å². The SMILES string of the molecule is COc1ccc(-c2cc(NC3CCCCC3)n3nccc3n2)cc1OC. The summed E-state index contributed by atoms with van der Waals surface area (Å²) < 4.78 is 12.6. The van der Waals surface area contributed by atoms with Crippen LogP contribution in [0.4, 0.5) is 5.82 Å². The summed E-state index contributed by atoms with van der Waals surface area (Å²) in [6, 6.07) is 10.4. The number of anilines is 1. The van der Waals surface area contributed by atoms with Gasteiger partial charge in [0.2, 0.25) is 0 Å². The number of nitrogens with zero attached hydrogens (tertiary/aromatic N) is 3. The lowest BCUT2D eigenvalue weighted by atomic mass is 9.95. The van der Waals surface area contributed by atoms with Crippen LogP contribution in [0.1, 0.15) is 32.1 Å². The fourth-order valence-corrected chi connectivity index (χ4v) is 3.62. The third-order valence-electron chi connectivity index (χ3n) is 5.00. The van der Waals surface area contributed by atoms with Gasteiger partial charge in [-0.05, 0) is 31.0 Å². The van der Waals surface area contributed by atoms with Crippen LogP contribution in [0.5, 0.6) is 11.5 Å². The molecule has 1 saturated carbocycles. The van der Waals surface area contributed by atoms with Crippen LogP contribution in [0.15, 0.2) is 36.5 Å². The molecule has 0 saturated heterocycles. The predicted octanol–water partition coefficient (Wildman–Crippen LogP) is 4.16. The fraction of sp³-hybridized carbons (Fsp3) is 0.400. The van der Waals surface area contributed by atoms with Crippen LogP contribution < -0.4 is 14.8 Å². The first-order valence-electron chi connectivity index (χ1n) is 9.12. The molecular formula is C20H24N4O2. The van der Waals surface area contributed by atoms with E-state index >= 15 is 0 Å². The van der Waals surface area contributed by atoms with Gasteiger partial charge in [-0.2, -0.15) is 9.61 Å². The molecule has 0 spiro atoms. The number of rotatable bonds is 5. The van der Waals surface area contributed by atoms with Crippen molar-refractivity contribution in [2.45, 2.75) is 38.1 Å². The molecule has 6 heteroatoms. The lowest BCUT2D eigenvalue weighted by Crippen LogP contribution is -2.23. The number of aromatic nitrogens is 3. The number of hydrogen-bond acceptors (Lipinski definition) is 5. The average molecular weight is 352 g/mol. The number of benzene rings is 1. The molecule has 6 nitrogen and oxygen atoms in total. The molecule has 1 N–H and O–H groups in total. The molecule has 1 aliphatic carbocycles. The van der Waals surface area contributed by atoms with Crippen LogP contribution in [0.25, 0.3) is 16.9 Å². The predicted molar refractivity (Wildman–Crippen MR) is 102 cm³/mol. The lowest BCUT2D eigenvalue weighted by molar-refractivity contribution is 0.355. The maximum absolute atomic E-state index is 5.44. The van der Waals surface area contributed by atoms with Crippen molar-refractivity contribution in [1.82, 2.24) is 14.6 Å². The van der Waals surface area contributed by atoms with Gasteiger partial charge in [0, 0.05) is 23.7 Å². The van der Waals surface area contributed by atoms with Gasteiger partial charge in [-0.15, -0.1) is 0 Å². The smallest absolute Gasteiger partial charge is 0.161 e. The zero-order chi connectivity index (χ0) is 17.9. The van der Waals surface area contributed by atoms with E-state index in [4.69, 9.17) is 14.5 Å². The molecule has 1 aromatic carbocycles. The number of fused-ring (bicyclic) bond motifs is 1. The van der Waals surface area contributed by atoms with E-state index in [0.717, 1.165) is 22.7 Å². The minimum atomic E-state index is 0.497.